The molecule has 12 rings (SSSR count). The van der Waals surface area contributed by atoms with Gasteiger partial charge in [-0.3, -0.25) is 0 Å². The molecule has 2 heteroatoms. The van der Waals surface area contributed by atoms with Crippen LogP contribution in [-0.2, 0) is 5.41 Å². The first-order valence-corrected chi connectivity index (χ1v) is 23.3. The van der Waals surface area contributed by atoms with Gasteiger partial charge in [-0.25, -0.2) is 0 Å². The van der Waals surface area contributed by atoms with Crippen LogP contribution in [0.4, 0.5) is 17.1 Å². The summed E-state index contributed by atoms with van der Waals surface area (Å²) in [5.74, 6) is 0. The lowest BCUT2D eigenvalue weighted by Crippen LogP contribution is -2.14. The zero-order valence-corrected chi connectivity index (χ0v) is 37.2. The molecule has 0 N–H and O–H groups in total. The number of fused-ring (bicyclic) bond motifs is 7. The minimum Gasteiger partial charge on any atom is -0.311 e. The van der Waals surface area contributed by atoms with Crippen LogP contribution in [0.25, 0.3) is 86.9 Å². The molecule has 308 valence electrons. The fraction of sp³-hybridized carbons (Fsp3) is 0.0476. The smallest absolute Gasteiger partial charge is 0.0462 e. The van der Waals surface area contributed by atoms with Crippen molar-refractivity contribution >= 4 is 48.6 Å². The molecule has 0 aliphatic heterocycles. The van der Waals surface area contributed by atoms with Gasteiger partial charge in [-0.05, 0) is 121 Å². The molecular formula is C63H45NS. The van der Waals surface area contributed by atoms with E-state index in [-0.39, 0.29) is 5.41 Å². The van der Waals surface area contributed by atoms with E-state index in [0.29, 0.717) is 0 Å². The van der Waals surface area contributed by atoms with Crippen molar-refractivity contribution in [1.29, 1.82) is 0 Å². The molecule has 0 spiro atoms. The summed E-state index contributed by atoms with van der Waals surface area (Å²) < 4.78 is 2.72. The van der Waals surface area contributed by atoms with Crippen LogP contribution < -0.4 is 4.90 Å². The maximum Gasteiger partial charge on any atom is 0.0462 e. The highest BCUT2D eigenvalue weighted by Gasteiger charge is 2.36. The van der Waals surface area contributed by atoms with Gasteiger partial charge in [-0.2, -0.15) is 0 Å². The lowest BCUT2D eigenvalue weighted by atomic mass is 9.82. The summed E-state index contributed by atoms with van der Waals surface area (Å²) in [4.78, 5) is 2.38. The van der Waals surface area contributed by atoms with Crippen molar-refractivity contribution in [2.45, 2.75) is 19.3 Å². The number of benzene rings is 10. The Labute approximate surface area is 385 Å². The average molecular weight is 848 g/mol. The predicted octanol–water partition coefficient (Wildman–Crippen LogP) is 18.2. The highest BCUT2D eigenvalue weighted by Crippen LogP contribution is 2.54. The van der Waals surface area contributed by atoms with Crippen LogP contribution >= 0.6 is 11.3 Å². The Balaban J connectivity index is 0.925. The number of thiophene rings is 1. The number of rotatable bonds is 8. The quantitative estimate of drug-likeness (QED) is 0.147. The highest BCUT2D eigenvalue weighted by atomic mass is 32.1. The van der Waals surface area contributed by atoms with Crippen molar-refractivity contribution in [3.63, 3.8) is 0 Å². The van der Waals surface area contributed by atoms with Crippen LogP contribution in [0.3, 0.4) is 0 Å². The molecule has 10 aromatic carbocycles. The molecule has 11 aromatic rings. The van der Waals surface area contributed by atoms with Gasteiger partial charge in [-0.1, -0.05) is 202 Å². The first kappa shape index (κ1) is 38.9. The molecule has 1 aromatic heterocycles. The first-order chi connectivity index (χ1) is 32.0. The Morgan fingerprint density at radius 3 is 1.26 bits per heavy atom. The number of hydrogen-bond donors (Lipinski definition) is 0. The van der Waals surface area contributed by atoms with Crippen molar-refractivity contribution in [3.05, 3.63) is 248 Å². The maximum atomic E-state index is 2.38. The topological polar surface area (TPSA) is 3.24 Å². The van der Waals surface area contributed by atoms with Crippen LogP contribution in [-0.4, -0.2) is 0 Å². The minimum absolute atomic E-state index is 0.0254. The summed E-state index contributed by atoms with van der Waals surface area (Å²) in [6.07, 6.45) is 0. The highest BCUT2D eigenvalue weighted by molar-refractivity contribution is 7.27. The van der Waals surface area contributed by atoms with Crippen molar-refractivity contribution < 1.29 is 0 Å². The van der Waals surface area contributed by atoms with Crippen LogP contribution in [0.15, 0.2) is 237 Å². The second kappa shape index (κ2) is 15.8. The number of hydrogen-bond acceptors (Lipinski definition) is 2. The molecule has 0 bridgehead atoms. The van der Waals surface area contributed by atoms with E-state index in [1.807, 2.05) is 11.3 Å². The van der Waals surface area contributed by atoms with Crippen LogP contribution in [0.5, 0.6) is 0 Å². The summed E-state index contributed by atoms with van der Waals surface area (Å²) in [7, 11) is 0. The fourth-order valence-electron chi connectivity index (χ4n) is 10.1. The molecule has 1 nitrogen and oxygen atoms in total. The second-order valence-corrected chi connectivity index (χ2v) is 18.7. The van der Waals surface area contributed by atoms with E-state index in [2.05, 4.69) is 255 Å². The SMILES string of the molecule is CC1(C)c2ccccc2-c2c1ccc1c2sc2c(-c3ccc(N(c4ccc(-c5cccc(-c6ccccc6)c5)cc4)c4ccc(-c5cccc(-c6ccccc6)c5)cc4)cc3)cccc21. The lowest BCUT2D eigenvalue weighted by Gasteiger charge is -2.26. The van der Waals surface area contributed by atoms with Crippen LogP contribution in [0, 0.1) is 0 Å². The van der Waals surface area contributed by atoms with Crippen molar-refractivity contribution in [2.75, 3.05) is 4.90 Å². The van der Waals surface area contributed by atoms with E-state index in [9.17, 15) is 0 Å². The first-order valence-electron chi connectivity index (χ1n) is 22.5. The average Bonchev–Trinajstić information content (AvgIpc) is 3.87. The zero-order valence-electron chi connectivity index (χ0n) is 36.4. The molecule has 0 fully saturated rings. The molecule has 65 heavy (non-hydrogen) atoms. The van der Waals surface area contributed by atoms with Gasteiger partial charge in [-0.15, -0.1) is 11.3 Å². The third-order valence-corrected chi connectivity index (χ3v) is 14.8. The van der Waals surface area contributed by atoms with Crippen LogP contribution in [0.1, 0.15) is 25.0 Å². The summed E-state index contributed by atoms with van der Waals surface area (Å²) >= 11 is 1.94. The monoisotopic (exact) mass is 847 g/mol. The summed E-state index contributed by atoms with van der Waals surface area (Å²) in [5.41, 5.74) is 21.0. The molecule has 1 heterocycles. The number of nitrogens with zero attached hydrogens (tertiary/aromatic N) is 1. The Hall–Kier alpha value is -7.78. The van der Waals surface area contributed by atoms with Crippen LogP contribution in [0.2, 0.25) is 0 Å². The van der Waals surface area contributed by atoms with E-state index >= 15 is 0 Å². The third-order valence-electron chi connectivity index (χ3n) is 13.5. The lowest BCUT2D eigenvalue weighted by molar-refractivity contribution is 0.661. The molecule has 0 radical (unpaired) electrons. The molecule has 0 atom stereocenters. The van der Waals surface area contributed by atoms with E-state index in [1.54, 1.807) is 0 Å². The van der Waals surface area contributed by atoms with Gasteiger partial charge in [0.1, 0.15) is 0 Å². The summed E-state index contributed by atoms with van der Waals surface area (Å²) in [6, 6.07) is 86.6. The Bertz CT molecular complexity index is 3400. The molecule has 0 unspecified atom stereocenters. The van der Waals surface area contributed by atoms with E-state index in [1.165, 1.54) is 98.1 Å². The molecule has 0 saturated heterocycles. The Morgan fingerprint density at radius 2 is 0.723 bits per heavy atom. The number of anilines is 3. The molecule has 0 amide bonds. The van der Waals surface area contributed by atoms with Gasteiger partial charge in [0, 0.05) is 48.2 Å². The second-order valence-electron chi connectivity index (χ2n) is 17.7. The van der Waals surface area contributed by atoms with Crippen molar-refractivity contribution in [3.8, 4) is 66.8 Å². The molecule has 1 aliphatic carbocycles. The fourth-order valence-corrected chi connectivity index (χ4v) is 11.5. The van der Waals surface area contributed by atoms with Gasteiger partial charge in [0.25, 0.3) is 0 Å². The zero-order chi connectivity index (χ0) is 43.5. The van der Waals surface area contributed by atoms with Gasteiger partial charge in [0.15, 0.2) is 0 Å². The van der Waals surface area contributed by atoms with Crippen molar-refractivity contribution in [2.24, 2.45) is 0 Å². The minimum atomic E-state index is -0.0254. The van der Waals surface area contributed by atoms with E-state index in [0.717, 1.165) is 17.1 Å². The third kappa shape index (κ3) is 6.77. The summed E-state index contributed by atoms with van der Waals surface area (Å²) in [5, 5.41) is 2.66. The Morgan fingerprint density at radius 1 is 0.308 bits per heavy atom. The van der Waals surface area contributed by atoms with E-state index in [4.69, 9.17) is 0 Å². The summed E-state index contributed by atoms with van der Waals surface area (Å²) in [6.45, 7) is 4.73. The van der Waals surface area contributed by atoms with Gasteiger partial charge in [0.2, 0.25) is 0 Å². The Kier molecular flexibility index (Phi) is 9.44. The van der Waals surface area contributed by atoms with Gasteiger partial charge >= 0.3 is 0 Å². The van der Waals surface area contributed by atoms with Crippen molar-refractivity contribution in [1.82, 2.24) is 0 Å². The molecule has 1 aliphatic rings. The van der Waals surface area contributed by atoms with Gasteiger partial charge < -0.3 is 4.90 Å². The largest absolute Gasteiger partial charge is 0.311 e. The maximum absolute atomic E-state index is 2.38. The molecular weight excluding hydrogens is 803 g/mol. The predicted molar refractivity (Wildman–Crippen MR) is 279 cm³/mol. The van der Waals surface area contributed by atoms with E-state index < -0.39 is 0 Å². The normalized spacial score (nSPS) is 12.6. The molecule has 0 saturated carbocycles. The standard InChI is InChI=1S/C63H45NS/c1-63(2)58-25-10-9-22-57(58)60-59(63)39-38-56-55-24-13-23-54(61(55)65-62(56)60)46-30-36-53(37-31-46)64(51-32-26-44(27-33-51)49-20-11-18-47(40-49)42-14-5-3-6-15-42)52-34-28-45(29-35-52)50-21-12-19-48(41-50)43-16-7-4-8-17-43/h3-41H,1-2H3. The van der Waals surface area contributed by atoms with Gasteiger partial charge in [0.05, 0.1) is 0 Å².